The fraction of sp³-hybridized carbons (Fsp3) is 0.389. The molecule has 2 aromatic rings. The Kier molecular flexibility index (Phi) is 5.00. The number of ether oxygens (including phenoxy) is 1. The van der Waals surface area contributed by atoms with Gasteiger partial charge in [-0.3, -0.25) is 4.79 Å². The monoisotopic (exact) mass is 339 g/mol. The van der Waals surface area contributed by atoms with E-state index < -0.39 is 0 Å². The molecule has 0 spiro atoms. The first-order valence-corrected chi connectivity index (χ1v) is 8.18. The predicted molar refractivity (Wildman–Crippen MR) is 95.9 cm³/mol. The quantitative estimate of drug-likeness (QED) is 0.827. The average Bonchev–Trinajstić information content (AvgIpc) is 2.64. The third-order valence-corrected chi connectivity index (χ3v) is 4.34. The van der Waals surface area contributed by atoms with Gasteiger partial charge in [0.1, 0.15) is 0 Å². The summed E-state index contributed by atoms with van der Waals surface area (Å²) in [6.45, 7) is 2.73. The SMILES string of the molecule is CN(CC1CN(c2ccc(C#N)cc2)CCO1)c1nccn(C)c1=O. The highest BCUT2D eigenvalue weighted by molar-refractivity contribution is 5.50. The van der Waals surface area contributed by atoms with Crippen molar-refractivity contribution in [2.45, 2.75) is 6.10 Å². The first-order chi connectivity index (χ1) is 12.1. The summed E-state index contributed by atoms with van der Waals surface area (Å²) < 4.78 is 7.38. The van der Waals surface area contributed by atoms with Gasteiger partial charge in [0.05, 0.1) is 24.3 Å². The molecule has 0 aliphatic carbocycles. The predicted octanol–water partition coefficient (Wildman–Crippen LogP) is 0.994. The number of hydrogen-bond donors (Lipinski definition) is 0. The van der Waals surface area contributed by atoms with Crippen LogP contribution in [0.4, 0.5) is 11.5 Å². The van der Waals surface area contributed by atoms with E-state index >= 15 is 0 Å². The van der Waals surface area contributed by atoms with Crippen molar-refractivity contribution >= 4 is 11.5 Å². The van der Waals surface area contributed by atoms with Crippen molar-refractivity contribution in [2.75, 3.05) is 43.1 Å². The Morgan fingerprint density at radius 2 is 2.16 bits per heavy atom. The van der Waals surface area contributed by atoms with Gasteiger partial charge in [0.25, 0.3) is 5.56 Å². The van der Waals surface area contributed by atoms with Crippen molar-refractivity contribution in [3.8, 4) is 6.07 Å². The molecule has 1 saturated heterocycles. The van der Waals surface area contributed by atoms with E-state index in [9.17, 15) is 4.79 Å². The number of aryl methyl sites for hydroxylation is 1. The van der Waals surface area contributed by atoms with Crippen molar-refractivity contribution in [2.24, 2.45) is 7.05 Å². The molecule has 1 aromatic carbocycles. The Morgan fingerprint density at radius 3 is 2.88 bits per heavy atom. The number of benzene rings is 1. The molecule has 1 fully saturated rings. The third-order valence-electron chi connectivity index (χ3n) is 4.34. The van der Waals surface area contributed by atoms with Crippen LogP contribution < -0.4 is 15.4 Å². The zero-order valence-corrected chi connectivity index (χ0v) is 14.4. The third kappa shape index (κ3) is 3.80. The molecule has 1 unspecified atom stereocenters. The Balaban J connectivity index is 1.68. The molecule has 0 saturated carbocycles. The Morgan fingerprint density at radius 1 is 1.40 bits per heavy atom. The van der Waals surface area contributed by atoms with Crippen LogP contribution in [-0.2, 0) is 11.8 Å². The van der Waals surface area contributed by atoms with Gasteiger partial charge in [-0.1, -0.05) is 0 Å². The van der Waals surface area contributed by atoms with Crippen molar-refractivity contribution in [3.63, 3.8) is 0 Å². The second-order valence-electron chi connectivity index (χ2n) is 6.14. The van der Waals surface area contributed by atoms with E-state index in [1.54, 1.807) is 19.4 Å². The molecule has 0 amide bonds. The van der Waals surface area contributed by atoms with Crippen molar-refractivity contribution in [3.05, 3.63) is 52.6 Å². The van der Waals surface area contributed by atoms with Gasteiger partial charge >= 0.3 is 0 Å². The summed E-state index contributed by atoms with van der Waals surface area (Å²) in [5, 5.41) is 8.91. The Hall–Kier alpha value is -2.85. The lowest BCUT2D eigenvalue weighted by Gasteiger charge is -2.36. The van der Waals surface area contributed by atoms with Crippen LogP contribution in [0.2, 0.25) is 0 Å². The number of hydrogen-bond acceptors (Lipinski definition) is 6. The van der Waals surface area contributed by atoms with Gasteiger partial charge in [-0.15, -0.1) is 0 Å². The van der Waals surface area contributed by atoms with Crippen molar-refractivity contribution < 1.29 is 4.74 Å². The molecule has 25 heavy (non-hydrogen) atoms. The van der Waals surface area contributed by atoms with Crippen LogP contribution in [0, 0.1) is 11.3 Å². The van der Waals surface area contributed by atoms with Gasteiger partial charge in [0, 0.05) is 51.8 Å². The minimum atomic E-state index is -0.121. The van der Waals surface area contributed by atoms with Gasteiger partial charge in [-0.2, -0.15) is 5.26 Å². The largest absolute Gasteiger partial charge is 0.373 e. The summed E-state index contributed by atoms with van der Waals surface area (Å²) in [7, 11) is 3.57. The van der Waals surface area contributed by atoms with Crippen LogP contribution in [0.5, 0.6) is 0 Å². The van der Waals surface area contributed by atoms with E-state index in [1.807, 2.05) is 36.2 Å². The van der Waals surface area contributed by atoms with Gasteiger partial charge in [0.2, 0.25) is 0 Å². The molecule has 130 valence electrons. The van der Waals surface area contributed by atoms with Crippen LogP contribution in [0.3, 0.4) is 0 Å². The second-order valence-corrected chi connectivity index (χ2v) is 6.14. The molecule has 7 heteroatoms. The van der Waals surface area contributed by atoms with E-state index in [4.69, 9.17) is 10.00 Å². The molecular weight excluding hydrogens is 318 g/mol. The van der Waals surface area contributed by atoms with E-state index in [0.29, 0.717) is 24.5 Å². The molecule has 0 bridgehead atoms. The average molecular weight is 339 g/mol. The normalized spacial score (nSPS) is 17.2. The molecule has 1 atom stereocenters. The molecule has 1 aliphatic rings. The lowest BCUT2D eigenvalue weighted by atomic mass is 10.2. The maximum absolute atomic E-state index is 12.2. The van der Waals surface area contributed by atoms with E-state index in [1.165, 1.54) is 4.57 Å². The van der Waals surface area contributed by atoms with Gasteiger partial charge < -0.3 is 19.1 Å². The molecule has 0 N–H and O–H groups in total. The highest BCUT2D eigenvalue weighted by Gasteiger charge is 2.23. The van der Waals surface area contributed by atoms with Crippen LogP contribution >= 0.6 is 0 Å². The van der Waals surface area contributed by atoms with Crippen LogP contribution in [0.15, 0.2) is 41.5 Å². The van der Waals surface area contributed by atoms with E-state index in [2.05, 4.69) is 16.0 Å². The first-order valence-electron chi connectivity index (χ1n) is 8.18. The van der Waals surface area contributed by atoms with Crippen LogP contribution in [-0.4, -0.2) is 48.9 Å². The fourth-order valence-corrected chi connectivity index (χ4v) is 2.95. The molecule has 0 radical (unpaired) electrons. The number of rotatable bonds is 4. The summed E-state index contributed by atoms with van der Waals surface area (Å²) in [5.41, 5.74) is 1.60. The summed E-state index contributed by atoms with van der Waals surface area (Å²) >= 11 is 0. The molecule has 7 nitrogen and oxygen atoms in total. The van der Waals surface area contributed by atoms with E-state index in [-0.39, 0.29) is 11.7 Å². The lowest BCUT2D eigenvalue weighted by Crippen LogP contribution is -2.48. The Bertz CT molecular complexity index is 825. The molecule has 1 aliphatic heterocycles. The summed E-state index contributed by atoms with van der Waals surface area (Å²) in [4.78, 5) is 20.5. The van der Waals surface area contributed by atoms with Crippen molar-refractivity contribution in [1.82, 2.24) is 9.55 Å². The minimum Gasteiger partial charge on any atom is -0.373 e. The van der Waals surface area contributed by atoms with Gasteiger partial charge in [-0.05, 0) is 24.3 Å². The van der Waals surface area contributed by atoms with Gasteiger partial charge in [-0.25, -0.2) is 4.98 Å². The lowest BCUT2D eigenvalue weighted by molar-refractivity contribution is 0.0458. The smallest absolute Gasteiger partial charge is 0.293 e. The number of likely N-dealkylation sites (N-methyl/N-ethyl adjacent to an activating group) is 1. The Labute approximate surface area is 146 Å². The van der Waals surface area contributed by atoms with Crippen LogP contribution in [0.1, 0.15) is 5.56 Å². The fourth-order valence-electron chi connectivity index (χ4n) is 2.95. The second kappa shape index (κ2) is 7.36. The number of aromatic nitrogens is 2. The summed E-state index contributed by atoms with van der Waals surface area (Å²) in [6, 6.07) is 9.69. The zero-order valence-electron chi connectivity index (χ0n) is 14.4. The summed E-state index contributed by atoms with van der Waals surface area (Å²) in [6.07, 6.45) is 3.24. The first kappa shape index (κ1) is 17.0. The molecule has 1 aromatic heterocycles. The summed E-state index contributed by atoms with van der Waals surface area (Å²) in [5.74, 6) is 0.420. The zero-order chi connectivity index (χ0) is 17.8. The van der Waals surface area contributed by atoms with E-state index in [0.717, 1.165) is 18.8 Å². The topological polar surface area (TPSA) is 74.4 Å². The number of nitriles is 1. The van der Waals surface area contributed by atoms with Crippen LogP contribution in [0.25, 0.3) is 0 Å². The molecule has 3 rings (SSSR count). The molecule has 2 heterocycles. The van der Waals surface area contributed by atoms with Crippen molar-refractivity contribution in [1.29, 1.82) is 5.26 Å². The number of nitrogens with zero attached hydrogens (tertiary/aromatic N) is 5. The highest BCUT2D eigenvalue weighted by atomic mass is 16.5. The number of morpholine rings is 1. The molecular formula is C18H21N5O2. The highest BCUT2D eigenvalue weighted by Crippen LogP contribution is 2.19. The maximum Gasteiger partial charge on any atom is 0.293 e. The number of anilines is 2. The van der Waals surface area contributed by atoms with Gasteiger partial charge in [0.15, 0.2) is 5.82 Å². The minimum absolute atomic E-state index is 0.0268. The maximum atomic E-state index is 12.2. The standard InChI is InChI=1S/C18H21N5O2/c1-21-8-7-20-17(18(21)24)22(2)12-16-13-23(9-10-25-16)15-5-3-14(11-19)4-6-15/h3-8,16H,9-10,12-13H2,1-2H3.